The van der Waals surface area contributed by atoms with E-state index >= 15 is 0 Å². The molecule has 1 saturated heterocycles. The van der Waals surface area contributed by atoms with E-state index in [9.17, 15) is 4.79 Å². The van der Waals surface area contributed by atoms with Crippen LogP contribution in [-0.4, -0.2) is 25.1 Å². The average Bonchev–Trinajstić information content (AvgIpc) is 2.73. The Kier molecular flexibility index (Phi) is 7.43. The van der Waals surface area contributed by atoms with Crippen molar-refractivity contribution in [1.29, 1.82) is 0 Å². The molecule has 2 aromatic carbocycles. The first-order valence-corrected chi connectivity index (χ1v) is 10.9. The van der Waals surface area contributed by atoms with Crippen LogP contribution in [0.25, 0.3) is 0 Å². The summed E-state index contributed by atoms with van der Waals surface area (Å²) >= 11 is 5.91. The number of benzene rings is 2. The molecule has 2 aromatic rings. The standard InChI is InChI=1S/C24H31ClN2O2/c1-4-23(29-22-13-9-20(25)10-14-22)24(28)26-18(3)19-7-11-21(12-8-19)27-15-5-6-17(2)16-27/h7-14,17-18,23H,4-6,15-16H2,1-3H3,(H,26,28)/t17-,18+,23-/m0/s1. The third-order valence-electron chi connectivity index (χ3n) is 5.53. The van der Waals surface area contributed by atoms with Gasteiger partial charge in [0.2, 0.25) is 0 Å². The normalized spacial score (nSPS) is 18.8. The number of rotatable bonds is 7. The van der Waals surface area contributed by atoms with Crippen LogP contribution in [0.4, 0.5) is 5.69 Å². The van der Waals surface area contributed by atoms with Gasteiger partial charge in [0, 0.05) is 23.8 Å². The Balaban J connectivity index is 1.58. The van der Waals surface area contributed by atoms with Gasteiger partial charge in [-0.25, -0.2) is 0 Å². The van der Waals surface area contributed by atoms with E-state index in [1.165, 1.54) is 18.5 Å². The second-order valence-electron chi connectivity index (χ2n) is 7.98. The SMILES string of the molecule is CC[C@H](Oc1ccc(Cl)cc1)C(=O)N[C@H](C)c1ccc(N2CCC[C@H](C)C2)cc1. The zero-order chi connectivity index (χ0) is 20.8. The fourth-order valence-electron chi connectivity index (χ4n) is 3.79. The number of carbonyl (C=O) groups is 1. The number of anilines is 1. The molecule has 29 heavy (non-hydrogen) atoms. The van der Waals surface area contributed by atoms with E-state index in [4.69, 9.17) is 16.3 Å². The van der Waals surface area contributed by atoms with E-state index in [0.717, 1.165) is 24.6 Å². The van der Waals surface area contributed by atoms with Gasteiger partial charge in [0.15, 0.2) is 6.10 Å². The number of hydrogen-bond donors (Lipinski definition) is 1. The zero-order valence-electron chi connectivity index (χ0n) is 17.5. The van der Waals surface area contributed by atoms with Crippen LogP contribution in [0.15, 0.2) is 48.5 Å². The van der Waals surface area contributed by atoms with Crippen molar-refractivity contribution in [1.82, 2.24) is 5.32 Å². The Hall–Kier alpha value is -2.20. The van der Waals surface area contributed by atoms with Crippen molar-refractivity contribution in [2.45, 2.75) is 52.2 Å². The molecule has 1 aliphatic heterocycles. The number of piperidine rings is 1. The molecule has 1 N–H and O–H groups in total. The summed E-state index contributed by atoms with van der Waals surface area (Å²) in [7, 11) is 0. The van der Waals surface area contributed by atoms with E-state index in [0.29, 0.717) is 17.2 Å². The minimum Gasteiger partial charge on any atom is -0.481 e. The lowest BCUT2D eigenvalue weighted by molar-refractivity contribution is -0.128. The predicted molar refractivity (Wildman–Crippen MR) is 120 cm³/mol. The largest absolute Gasteiger partial charge is 0.481 e. The lowest BCUT2D eigenvalue weighted by atomic mass is 9.99. The van der Waals surface area contributed by atoms with Gasteiger partial charge < -0.3 is 15.0 Å². The number of hydrogen-bond acceptors (Lipinski definition) is 3. The van der Waals surface area contributed by atoms with Crippen molar-refractivity contribution in [2.75, 3.05) is 18.0 Å². The first-order valence-electron chi connectivity index (χ1n) is 10.5. The maximum atomic E-state index is 12.7. The summed E-state index contributed by atoms with van der Waals surface area (Å²) in [6.45, 7) is 8.50. The molecule has 0 saturated carbocycles. The monoisotopic (exact) mass is 414 g/mol. The van der Waals surface area contributed by atoms with Crippen LogP contribution < -0.4 is 15.0 Å². The maximum absolute atomic E-state index is 12.7. The molecule has 5 heteroatoms. The summed E-state index contributed by atoms with van der Waals surface area (Å²) in [5.74, 6) is 1.28. The Labute approximate surface area is 179 Å². The number of halogens is 1. The van der Waals surface area contributed by atoms with E-state index < -0.39 is 6.10 Å². The van der Waals surface area contributed by atoms with Crippen LogP contribution in [0.5, 0.6) is 5.75 Å². The molecule has 1 amide bonds. The third kappa shape index (κ3) is 5.89. The molecule has 1 aliphatic rings. The molecule has 3 atom stereocenters. The predicted octanol–water partition coefficient (Wildman–Crippen LogP) is 5.61. The van der Waals surface area contributed by atoms with Gasteiger partial charge in [-0.2, -0.15) is 0 Å². The van der Waals surface area contributed by atoms with Crippen molar-refractivity contribution in [3.05, 3.63) is 59.1 Å². The third-order valence-corrected chi connectivity index (χ3v) is 5.78. The lowest BCUT2D eigenvalue weighted by Gasteiger charge is -2.33. The fraction of sp³-hybridized carbons (Fsp3) is 0.458. The lowest BCUT2D eigenvalue weighted by Crippen LogP contribution is -2.39. The van der Waals surface area contributed by atoms with Crippen molar-refractivity contribution in [3.63, 3.8) is 0 Å². The van der Waals surface area contributed by atoms with E-state index in [1.807, 2.05) is 13.8 Å². The Bertz CT molecular complexity index is 792. The highest BCUT2D eigenvalue weighted by molar-refractivity contribution is 6.30. The average molecular weight is 415 g/mol. The van der Waals surface area contributed by atoms with Crippen molar-refractivity contribution < 1.29 is 9.53 Å². The number of carbonyl (C=O) groups excluding carboxylic acids is 1. The fourth-order valence-corrected chi connectivity index (χ4v) is 3.91. The topological polar surface area (TPSA) is 41.6 Å². The molecule has 156 valence electrons. The Morgan fingerprint density at radius 2 is 1.90 bits per heavy atom. The Morgan fingerprint density at radius 3 is 2.52 bits per heavy atom. The summed E-state index contributed by atoms with van der Waals surface area (Å²) in [5.41, 5.74) is 2.35. The van der Waals surface area contributed by atoms with Crippen molar-refractivity contribution in [3.8, 4) is 5.75 Å². The number of amides is 1. The summed E-state index contributed by atoms with van der Waals surface area (Å²) < 4.78 is 5.85. The molecule has 0 aliphatic carbocycles. The first-order chi connectivity index (χ1) is 14.0. The Morgan fingerprint density at radius 1 is 1.21 bits per heavy atom. The van der Waals surface area contributed by atoms with Crippen LogP contribution in [0.2, 0.25) is 5.02 Å². The van der Waals surface area contributed by atoms with Gasteiger partial charge in [0.1, 0.15) is 5.75 Å². The summed E-state index contributed by atoms with van der Waals surface area (Å²) in [4.78, 5) is 15.2. The van der Waals surface area contributed by atoms with Crippen LogP contribution in [-0.2, 0) is 4.79 Å². The van der Waals surface area contributed by atoms with E-state index in [1.54, 1.807) is 24.3 Å². The minimum atomic E-state index is -0.535. The molecule has 0 spiro atoms. The van der Waals surface area contributed by atoms with Crippen LogP contribution >= 0.6 is 11.6 Å². The van der Waals surface area contributed by atoms with Crippen molar-refractivity contribution in [2.24, 2.45) is 5.92 Å². The number of nitrogens with zero attached hydrogens (tertiary/aromatic N) is 1. The van der Waals surface area contributed by atoms with Gasteiger partial charge >= 0.3 is 0 Å². The number of ether oxygens (including phenoxy) is 1. The highest BCUT2D eigenvalue weighted by atomic mass is 35.5. The van der Waals surface area contributed by atoms with Crippen LogP contribution in [0.1, 0.15) is 51.6 Å². The quantitative estimate of drug-likeness (QED) is 0.640. The smallest absolute Gasteiger partial charge is 0.261 e. The zero-order valence-corrected chi connectivity index (χ0v) is 18.3. The molecule has 1 fully saturated rings. The molecule has 0 unspecified atom stereocenters. The van der Waals surface area contributed by atoms with E-state index in [-0.39, 0.29) is 11.9 Å². The summed E-state index contributed by atoms with van der Waals surface area (Å²) in [6.07, 6.45) is 2.62. The van der Waals surface area contributed by atoms with Crippen LogP contribution in [0.3, 0.4) is 0 Å². The molecule has 3 rings (SSSR count). The first kappa shape index (κ1) is 21.5. The maximum Gasteiger partial charge on any atom is 0.261 e. The molecule has 0 radical (unpaired) electrons. The summed E-state index contributed by atoms with van der Waals surface area (Å²) in [6, 6.07) is 15.5. The molecular formula is C24H31ClN2O2. The van der Waals surface area contributed by atoms with Crippen molar-refractivity contribution >= 4 is 23.2 Å². The highest BCUT2D eigenvalue weighted by Crippen LogP contribution is 2.25. The van der Waals surface area contributed by atoms with Gasteiger partial charge in [-0.15, -0.1) is 0 Å². The van der Waals surface area contributed by atoms with Gasteiger partial charge in [0.25, 0.3) is 5.91 Å². The second-order valence-corrected chi connectivity index (χ2v) is 8.42. The molecule has 4 nitrogen and oxygen atoms in total. The second kappa shape index (κ2) is 10.0. The molecule has 0 aromatic heterocycles. The highest BCUT2D eigenvalue weighted by Gasteiger charge is 2.21. The van der Waals surface area contributed by atoms with Gasteiger partial charge in [-0.05, 0) is 74.1 Å². The van der Waals surface area contributed by atoms with Gasteiger partial charge in [-0.3, -0.25) is 4.79 Å². The van der Waals surface area contributed by atoms with Gasteiger partial charge in [-0.1, -0.05) is 37.6 Å². The minimum absolute atomic E-state index is 0.0836. The van der Waals surface area contributed by atoms with Gasteiger partial charge in [0.05, 0.1) is 6.04 Å². The molecule has 1 heterocycles. The van der Waals surface area contributed by atoms with E-state index in [2.05, 4.69) is 41.4 Å². The molecule has 0 bridgehead atoms. The summed E-state index contributed by atoms with van der Waals surface area (Å²) in [5, 5.41) is 3.73. The van der Waals surface area contributed by atoms with Crippen LogP contribution in [0, 0.1) is 5.92 Å². The number of nitrogens with one attached hydrogen (secondary N) is 1. The molecular weight excluding hydrogens is 384 g/mol.